The summed E-state index contributed by atoms with van der Waals surface area (Å²) in [5.41, 5.74) is 5.25. The van der Waals surface area contributed by atoms with Crippen LogP contribution in [0.3, 0.4) is 0 Å². The zero-order valence-electron chi connectivity index (χ0n) is 18.7. The van der Waals surface area contributed by atoms with Crippen molar-refractivity contribution in [2.24, 2.45) is 5.92 Å². The number of ether oxygens (including phenoxy) is 1. The lowest BCUT2D eigenvalue weighted by atomic mass is 9.74. The molecule has 172 valence electrons. The molecule has 4 N–H and O–H groups in total. The van der Waals surface area contributed by atoms with Crippen molar-refractivity contribution in [2.75, 3.05) is 25.5 Å². The summed E-state index contributed by atoms with van der Waals surface area (Å²) in [6, 6.07) is 7.42. The summed E-state index contributed by atoms with van der Waals surface area (Å²) in [5, 5.41) is 10.4. The van der Waals surface area contributed by atoms with Gasteiger partial charge in [-0.05, 0) is 43.5 Å². The number of halogens is 1. The Balaban J connectivity index is 1.48. The molecule has 7 rings (SSSR count). The number of hydrogen-bond acceptors (Lipinski definition) is 5. The number of carbonyl (C=O) groups excluding carboxylic acids is 1. The SMILES string of the molecule is COc1c(Cl)cccc1Nc1c(-c2ccncc2C#CC23CC(CN2)C3)[nH]c2c1C(=O)NCC2. The summed E-state index contributed by atoms with van der Waals surface area (Å²) in [5.74, 6) is 7.98. The fourth-order valence-corrected chi connectivity index (χ4v) is 5.51. The van der Waals surface area contributed by atoms with Crippen LogP contribution in [0.15, 0.2) is 36.7 Å². The van der Waals surface area contributed by atoms with Crippen molar-refractivity contribution < 1.29 is 9.53 Å². The van der Waals surface area contributed by atoms with Crippen molar-refractivity contribution in [3.05, 3.63) is 58.5 Å². The molecule has 3 fully saturated rings. The minimum Gasteiger partial charge on any atom is -0.493 e. The van der Waals surface area contributed by atoms with Gasteiger partial charge in [0.05, 0.1) is 45.9 Å². The number of hydrogen-bond donors (Lipinski definition) is 4. The Morgan fingerprint density at radius 3 is 2.97 bits per heavy atom. The number of anilines is 2. The van der Waals surface area contributed by atoms with E-state index in [9.17, 15) is 4.79 Å². The van der Waals surface area contributed by atoms with Crippen LogP contribution in [-0.2, 0) is 6.42 Å². The van der Waals surface area contributed by atoms with Gasteiger partial charge in [0.2, 0.25) is 0 Å². The number of aromatic nitrogens is 2. The first-order chi connectivity index (χ1) is 16.6. The number of fused-ring (bicyclic) bond motifs is 2. The number of rotatable bonds is 4. The summed E-state index contributed by atoms with van der Waals surface area (Å²) in [6.07, 6.45) is 6.45. The maximum absolute atomic E-state index is 12.9. The van der Waals surface area contributed by atoms with Gasteiger partial charge in [0, 0.05) is 36.6 Å². The molecule has 7 nitrogen and oxygen atoms in total. The number of para-hydroxylation sites is 1. The number of nitrogens with zero attached hydrogens (tertiary/aromatic N) is 1. The number of pyridine rings is 1. The Morgan fingerprint density at radius 1 is 1.29 bits per heavy atom. The van der Waals surface area contributed by atoms with E-state index in [1.54, 1.807) is 25.6 Å². The first kappa shape index (κ1) is 21.1. The maximum atomic E-state index is 12.9. The molecule has 8 heteroatoms. The van der Waals surface area contributed by atoms with Crippen LogP contribution in [0, 0.1) is 17.8 Å². The highest BCUT2D eigenvalue weighted by atomic mass is 35.5. The topological polar surface area (TPSA) is 91.1 Å². The number of H-pyrrole nitrogens is 1. The summed E-state index contributed by atoms with van der Waals surface area (Å²) in [4.78, 5) is 20.7. The number of nitrogens with one attached hydrogen (secondary N) is 4. The largest absolute Gasteiger partial charge is 0.493 e. The van der Waals surface area contributed by atoms with E-state index in [0.29, 0.717) is 40.7 Å². The van der Waals surface area contributed by atoms with Gasteiger partial charge in [0.15, 0.2) is 5.75 Å². The van der Waals surface area contributed by atoms with Gasteiger partial charge < -0.3 is 25.7 Å². The standard InChI is InChI=1S/C26H24ClN5O2/c1-34-24-18(27)3-2-4-20(24)32-23-21-19(7-10-29-25(21)33)31-22(23)17-6-9-28-14-16(17)5-8-26-11-15(12-26)13-30-26/h2-4,6,9,14-15,30-32H,7,10-13H2,1H3,(H,29,33). The quantitative estimate of drug-likeness (QED) is 0.432. The molecular weight excluding hydrogens is 450 g/mol. The normalized spacial score (nSPS) is 22.2. The Labute approximate surface area is 202 Å². The summed E-state index contributed by atoms with van der Waals surface area (Å²) in [6.45, 7) is 1.63. The highest BCUT2D eigenvalue weighted by Crippen LogP contribution is 2.44. The number of benzene rings is 1. The van der Waals surface area contributed by atoms with E-state index in [0.717, 1.165) is 47.8 Å². The zero-order chi connectivity index (χ0) is 23.3. The van der Waals surface area contributed by atoms with Crippen LogP contribution in [0.1, 0.15) is 34.5 Å². The molecule has 3 aliphatic heterocycles. The van der Waals surface area contributed by atoms with E-state index in [1.165, 1.54) is 0 Å². The van der Waals surface area contributed by atoms with Gasteiger partial charge in [-0.2, -0.15) is 0 Å². The Hall–Kier alpha value is -3.47. The van der Waals surface area contributed by atoms with Crippen molar-refractivity contribution in [1.29, 1.82) is 0 Å². The second-order valence-electron chi connectivity index (χ2n) is 9.09. The fraction of sp³-hybridized carbons (Fsp3) is 0.308. The van der Waals surface area contributed by atoms with E-state index in [1.807, 2.05) is 18.2 Å². The van der Waals surface area contributed by atoms with E-state index < -0.39 is 0 Å². The third-order valence-electron chi connectivity index (χ3n) is 6.93. The van der Waals surface area contributed by atoms with E-state index >= 15 is 0 Å². The number of methoxy groups -OCH3 is 1. The van der Waals surface area contributed by atoms with Gasteiger partial charge >= 0.3 is 0 Å². The van der Waals surface area contributed by atoms with E-state index in [4.69, 9.17) is 16.3 Å². The summed E-state index contributed by atoms with van der Waals surface area (Å²) in [7, 11) is 1.57. The number of aromatic amines is 1. The lowest BCUT2D eigenvalue weighted by molar-refractivity contribution is 0.0947. The van der Waals surface area contributed by atoms with E-state index in [2.05, 4.69) is 37.8 Å². The second kappa shape index (κ2) is 8.08. The highest BCUT2D eigenvalue weighted by molar-refractivity contribution is 6.32. The third-order valence-corrected chi connectivity index (χ3v) is 7.22. The van der Waals surface area contributed by atoms with Gasteiger partial charge in [-0.25, -0.2) is 0 Å². The molecule has 2 saturated heterocycles. The predicted molar refractivity (Wildman–Crippen MR) is 132 cm³/mol. The third kappa shape index (κ3) is 3.42. The molecule has 1 amide bonds. The zero-order valence-corrected chi connectivity index (χ0v) is 19.5. The first-order valence-electron chi connectivity index (χ1n) is 11.4. The first-order valence-corrected chi connectivity index (χ1v) is 11.8. The molecule has 3 aromatic rings. The monoisotopic (exact) mass is 473 g/mol. The smallest absolute Gasteiger partial charge is 0.255 e. The molecule has 5 heterocycles. The van der Waals surface area contributed by atoms with Crippen molar-refractivity contribution in [3.8, 4) is 28.8 Å². The van der Waals surface area contributed by atoms with Gasteiger partial charge in [-0.3, -0.25) is 9.78 Å². The van der Waals surface area contributed by atoms with Crippen molar-refractivity contribution in [2.45, 2.75) is 24.8 Å². The van der Waals surface area contributed by atoms with Crippen molar-refractivity contribution >= 4 is 28.9 Å². The Morgan fingerprint density at radius 2 is 2.18 bits per heavy atom. The summed E-state index contributed by atoms with van der Waals surface area (Å²) < 4.78 is 5.53. The molecule has 4 aliphatic rings. The van der Waals surface area contributed by atoms with Gasteiger partial charge in [0.25, 0.3) is 5.91 Å². The summed E-state index contributed by atoms with van der Waals surface area (Å²) >= 11 is 6.36. The molecule has 0 atom stereocenters. The van der Waals surface area contributed by atoms with Crippen LogP contribution in [0.5, 0.6) is 5.75 Å². The predicted octanol–water partition coefficient (Wildman–Crippen LogP) is 3.87. The van der Waals surface area contributed by atoms with Gasteiger partial charge in [-0.15, -0.1) is 0 Å². The average molecular weight is 474 g/mol. The highest BCUT2D eigenvalue weighted by Gasteiger charge is 2.49. The molecule has 2 bridgehead atoms. The second-order valence-corrected chi connectivity index (χ2v) is 9.50. The number of carbonyl (C=O) groups is 1. The number of amides is 1. The molecule has 34 heavy (non-hydrogen) atoms. The van der Waals surface area contributed by atoms with Crippen LogP contribution >= 0.6 is 11.6 Å². The minimum absolute atomic E-state index is 0.0676. The van der Waals surface area contributed by atoms with Crippen LogP contribution in [-0.4, -0.2) is 41.6 Å². The molecule has 1 aliphatic carbocycles. The van der Waals surface area contributed by atoms with Gasteiger partial charge in [-0.1, -0.05) is 29.5 Å². The lowest BCUT2D eigenvalue weighted by Gasteiger charge is -2.32. The molecule has 1 saturated carbocycles. The molecule has 0 unspecified atom stereocenters. The lowest BCUT2D eigenvalue weighted by Crippen LogP contribution is -2.41. The molecule has 0 spiro atoms. The van der Waals surface area contributed by atoms with Crippen LogP contribution < -0.4 is 20.7 Å². The average Bonchev–Trinajstić information content (AvgIpc) is 3.52. The molecular formula is C26H24ClN5O2. The van der Waals surface area contributed by atoms with Crippen LogP contribution in [0.25, 0.3) is 11.3 Å². The van der Waals surface area contributed by atoms with Gasteiger partial charge in [0.1, 0.15) is 0 Å². The van der Waals surface area contributed by atoms with Crippen molar-refractivity contribution in [1.82, 2.24) is 20.6 Å². The van der Waals surface area contributed by atoms with Crippen LogP contribution in [0.2, 0.25) is 5.02 Å². The fourth-order valence-electron chi connectivity index (χ4n) is 5.26. The van der Waals surface area contributed by atoms with E-state index in [-0.39, 0.29) is 11.4 Å². The Kier molecular flexibility index (Phi) is 5.01. The minimum atomic E-state index is -0.122. The van der Waals surface area contributed by atoms with Crippen molar-refractivity contribution in [3.63, 3.8) is 0 Å². The Bertz CT molecular complexity index is 1360. The molecule has 2 aromatic heterocycles. The maximum Gasteiger partial charge on any atom is 0.255 e. The molecule has 1 aromatic carbocycles. The van der Waals surface area contributed by atoms with Crippen LogP contribution in [0.4, 0.5) is 11.4 Å². The molecule has 0 radical (unpaired) electrons.